The minimum Gasteiger partial charge on any atom is -0.373 e. The van der Waals surface area contributed by atoms with Crippen LogP contribution in [0.3, 0.4) is 0 Å². The molecular formula is C19H16Cl2F2O2. The number of carbonyl (C=O) groups excluding carboxylic acids is 1. The van der Waals surface area contributed by atoms with Gasteiger partial charge in [-0.25, -0.2) is 8.78 Å². The zero-order chi connectivity index (χ0) is 18.2. The van der Waals surface area contributed by atoms with Crippen LogP contribution in [0.5, 0.6) is 0 Å². The number of alkyl halides is 2. The molecule has 0 bridgehead atoms. The molecule has 2 aromatic carbocycles. The first-order chi connectivity index (χ1) is 11.8. The fraction of sp³-hybridized carbons (Fsp3) is 0.316. The van der Waals surface area contributed by atoms with Gasteiger partial charge >= 0.3 is 0 Å². The lowest BCUT2D eigenvalue weighted by atomic mass is 9.63. The van der Waals surface area contributed by atoms with Crippen LogP contribution in [0.15, 0.2) is 48.5 Å². The molecule has 2 nitrogen and oxygen atoms in total. The summed E-state index contributed by atoms with van der Waals surface area (Å²) in [5.74, 6) is -1.62. The molecule has 6 heteroatoms. The Morgan fingerprint density at radius 3 is 2.24 bits per heavy atom. The molecular weight excluding hydrogens is 369 g/mol. The Hall–Kier alpha value is -1.49. The predicted octanol–water partition coefficient (Wildman–Crippen LogP) is 5.13. The Labute approximate surface area is 154 Å². The summed E-state index contributed by atoms with van der Waals surface area (Å²) < 4.78 is 31.0. The Kier molecular flexibility index (Phi) is 4.89. The molecule has 1 aliphatic carbocycles. The maximum Gasteiger partial charge on any atom is 0.188 e. The van der Waals surface area contributed by atoms with E-state index in [2.05, 4.69) is 0 Å². The van der Waals surface area contributed by atoms with Gasteiger partial charge < -0.3 is 4.74 Å². The summed E-state index contributed by atoms with van der Waals surface area (Å²) in [4.78, 5) is 11.9. The number of hydrogen-bond acceptors (Lipinski definition) is 2. The van der Waals surface area contributed by atoms with Crippen molar-refractivity contribution in [2.75, 3.05) is 6.61 Å². The maximum atomic E-state index is 13.4. The number of carbonyl (C=O) groups is 1. The highest BCUT2D eigenvalue weighted by molar-refractivity contribution is 6.61. The predicted molar refractivity (Wildman–Crippen MR) is 92.9 cm³/mol. The summed E-state index contributed by atoms with van der Waals surface area (Å²) in [5, 5.41) is 0. The Morgan fingerprint density at radius 1 is 1.12 bits per heavy atom. The minimum atomic E-state index is -1.60. The first-order valence-corrected chi connectivity index (χ1v) is 8.56. The standard InChI is InChI=1S/C19H16Cl2F2O2/c1-12(13-7-15(22)9-16(23)8-13)25-11-18(10-17(24)19(18,20)21)14-5-3-2-4-6-14/h2-9,12H,10-11H2,1H3. The summed E-state index contributed by atoms with van der Waals surface area (Å²) in [6.07, 6.45) is -0.445. The highest BCUT2D eigenvalue weighted by atomic mass is 35.5. The molecule has 2 atom stereocenters. The van der Waals surface area contributed by atoms with Gasteiger partial charge in [-0.3, -0.25) is 4.79 Å². The van der Waals surface area contributed by atoms with E-state index in [1.54, 1.807) is 6.92 Å². The van der Waals surface area contributed by atoms with Crippen LogP contribution in [0.2, 0.25) is 0 Å². The molecule has 1 fully saturated rings. The van der Waals surface area contributed by atoms with Crippen LogP contribution in [-0.4, -0.2) is 16.7 Å². The normalized spacial score (nSPS) is 23.2. The number of Topliss-reactive ketones (excluding diaryl/α,β-unsaturated/α-hetero) is 1. The molecule has 25 heavy (non-hydrogen) atoms. The molecule has 0 aromatic heterocycles. The van der Waals surface area contributed by atoms with Crippen molar-refractivity contribution in [3.05, 3.63) is 71.3 Å². The van der Waals surface area contributed by atoms with Gasteiger partial charge in [0.2, 0.25) is 0 Å². The lowest BCUT2D eigenvalue weighted by molar-refractivity contribution is -0.133. The van der Waals surface area contributed by atoms with E-state index in [4.69, 9.17) is 27.9 Å². The Morgan fingerprint density at radius 2 is 1.72 bits per heavy atom. The summed E-state index contributed by atoms with van der Waals surface area (Å²) in [6.45, 7) is 1.73. The monoisotopic (exact) mass is 384 g/mol. The molecule has 2 aromatic rings. The van der Waals surface area contributed by atoms with Crippen LogP contribution in [-0.2, 0) is 14.9 Å². The van der Waals surface area contributed by atoms with Crippen molar-refractivity contribution in [1.29, 1.82) is 0 Å². The van der Waals surface area contributed by atoms with E-state index in [-0.39, 0.29) is 18.8 Å². The number of ketones is 1. The number of hydrogen-bond donors (Lipinski definition) is 0. The van der Waals surface area contributed by atoms with Crippen LogP contribution in [0.4, 0.5) is 8.78 Å². The number of ether oxygens (including phenoxy) is 1. The lowest BCUT2D eigenvalue weighted by Crippen LogP contribution is -2.63. The van der Waals surface area contributed by atoms with Crippen LogP contribution < -0.4 is 0 Å². The maximum absolute atomic E-state index is 13.4. The van der Waals surface area contributed by atoms with Crippen molar-refractivity contribution in [2.45, 2.75) is 29.2 Å². The second-order valence-electron chi connectivity index (χ2n) is 6.28. The van der Waals surface area contributed by atoms with Crippen molar-refractivity contribution in [3.63, 3.8) is 0 Å². The first kappa shape index (κ1) is 18.3. The van der Waals surface area contributed by atoms with Crippen LogP contribution in [0.25, 0.3) is 0 Å². The van der Waals surface area contributed by atoms with Crippen molar-refractivity contribution >= 4 is 29.0 Å². The molecule has 0 spiro atoms. The molecule has 0 saturated heterocycles. The molecule has 0 amide bonds. The van der Waals surface area contributed by atoms with Crippen LogP contribution in [0.1, 0.15) is 30.6 Å². The van der Waals surface area contributed by atoms with Gasteiger partial charge in [0.05, 0.1) is 18.1 Å². The number of rotatable bonds is 5. The largest absolute Gasteiger partial charge is 0.373 e. The van der Waals surface area contributed by atoms with Gasteiger partial charge in [0, 0.05) is 12.5 Å². The van der Waals surface area contributed by atoms with Crippen molar-refractivity contribution in [3.8, 4) is 0 Å². The topological polar surface area (TPSA) is 26.3 Å². The van der Waals surface area contributed by atoms with E-state index in [1.807, 2.05) is 30.3 Å². The van der Waals surface area contributed by atoms with E-state index in [1.165, 1.54) is 12.1 Å². The van der Waals surface area contributed by atoms with Gasteiger partial charge in [0.25, 0.3) is 0 Å². The summed E-state index contributed by atoms with van der Waals surface area (Å²) >= 11 is 12.6. The second kappa shape index (κ2) is 6.67. The zero-order valence-electron chi connectivity index (χ0n) is 13.4. The minimum absolute atomic E-state index is 0.0506. The van der Waals surface area contributed by atoms with Crippen LogP contribution in [0, 0.1) is 11.6 Å². The molecule has 3 rings (SSSR count). The Bertz CT molecular complexity index is 775. The average Bonchev–Trinajstić information content (AvgIpc) is 2.57. The number of halogens is 4. The van der Waals surface area contributed by atoms with Gasteiger partial charge in [-0.1, -0.05) is 53.5 Å². The SMILES string of the molecule is CC(OCC1(c2ccccc2)CC(=O)C1(Cl)Cl)c1cc(F)cc(F)c1. The quantitative estimate of drug-likeness (QED) is 0.668. The lowest BCUT2D eigenvalue weighted by Gasteiger charge is -2.50. The molecule has 132 valence electrons. The second-order valence-corrected chi connectivity index (χ2v) is 7.61. The van der Waals surface area contributed by atoms with E-state index in [0.717, 1.165) is 11.6 Å². The third kappa shape index (κ3) is 3.19. The van der Waals surface area contributed by atoms with E-state index in [0.29, 0.717) is 5.56 Å². The fourth-order valence-corrected chi connectivity index (χ4v) is 3.69. The molecule has 0 aliphatic heterocycles. The molecule has 1 saturated carbocycles. The summed E-state index contributed by atoms with van der Waals surface area (Å²) in [5.41, 5.74) is 0.257. The van der Waals surface area contributed by atoms with Gasteiger partial charge in [0.1, 0.15) is 11.6 Å². The highest BCUT2D eigenvalue weighted by Crippen LogP contribution is 2.56. The average molecular weight is 385 g/mol. The smallest absolute Gasteiger partial charge is 0.188 e. The number of benzene rings is 2. The molecule has 2 unspecified atom stereocenters. The van der Waals surface area contributed by atoms with Crippen LogP contribution >= 0.6 is 23.2 Å². The van der Waals surface area contributed by atoms with Crippen molar-refractivity contribution < 1.29 is 18.3 Å². The van der Waals surface area contributed by atoms with Crippen molar-refractivity contribution in [1.82, 2.24) is 0 Å². The van der Waals surface area contributed by atoms with Gasteiger partial charge in [-0.2, -0.15) is 0 Å². The van der Waals surface area contributed by atoms with Gasteiger partial charge in [-0.05, 0) is 30.2 Å². The fourth-order valence-electron chi connectivity index (χ4n) is 3.10. The third-order valence-corrected chi connectivity index (χ3v) is 5.82. The molecule has 0 radical (unpaired) electrons. The van der Waals surface area contributed by atoms with E-state index in [9.17, 15) is 13.6 Å². The molecule has 0 heterocycles. The van der Waals surface area contributed by atoms with Gasteiger partial charge in [0.15, 0.2) is 10.1 Å². The summed E-state index contributed by atoms with van der Waals surface area (Å²) in [7, 11) is 0. The third-order valence-electron chi connectivity index (χ3n) is 4.67. The van der Waals surface area contributed by atoms with Crippen molar-refractivity contribution in [2.24, 2.45) is 0 Å². The molecule has 1 aliphatic rings. The molecule has 0 N–H and O–H groups in total. The van der Waals surface area contributed by atoms with Gasteiger partial charge in [-0.15, -0.1) is 0 Å². The van der Waals surface area contributed by atoms with E-state index < -0.39 is 27.5 Å². The highest BCUT2D eigenvalue weighted by Gasteiger charge is 2.65. The van der Waals surface area contributed by atoms with E-state index >= 15 is 0 Å². The zero-order valence-corrected chi connectivity index (χ0v) is 15.0. The first-order valence-electron chi connectivity index (χ1n) is 7.80. The Balaban J connectivity index is 1.84. The summed E-state index contributed by atoms with van der Waals surface area (Å²) in [6, 6.07) is 12.4.